The lowest BCUT2D eigenvalue weighted by atomic mass is 10.1. The van der Waals surface area contributed by atoms with Crippen molar-refractivity contribution < 1.29 is 13.9 Å². The number of ether oxygens (including phenoxy) is 1. The van der Waals surface area contributed by atoms with Crippen LogP contribution in [0.4, 0.5) is 4.39 Å². The van der Waals surface area contributed by atoms with Crippen molar-refractivity contribution in [1.29, 1.82) is 0 Å². The highest BCUT2D eigenvalue weighted by Crippen LogP contribution is 2.27. The third-order valence-electron chi connectivity index (χ3n) is 4.44. The Bertz CT molecular complexity index is 742. The minimum Gasteiger partial charge on any atom is -0.496 e. The van der Waals surface area contributed by atoms with Crippen LogP contribution in [0.3, 0.4) is 0 Å². The summed E-state index contributed by atoms with van der Waals surface area (Å²) < 4.78 is 21.0. The zero-order valence-corrected chi connectivity index (χ0v) is 14.3. The molecule has 0 bridgehead atoms. The summed E-state index contributed by atoms with van der Waals surface area (Å²) in [5.74, 6) is -0.422. The van der Waals surface area contributed by atoms with Crippen molar-refractivity contribution in [3.8, 4) is 5.75 Å². The summed E-state index contributed by atoms with van der Waals surface area (Å²) in [6.45, 7) is 3.56. The van der Waals surface area contributed by atoms with Gasteiger partial charge in [0, 0.05) is 0 Å². The summed E-state index contributed by atoms with van der Waals surface area (Å²) in [7, 11) is 1.47. The molecule has 1 amide bonds. The number of hydrogen-bond acceptors (Lipinski definition) is 5. The van der Waals surface area contributed by atoms with E-state index < -0.39 is 17.8 Å². The molecule has 0 spiro atoms. The lowest BCUT2D eigenvalue weighted by Gasteiger charge is -2.22. The molecule has 7 nitrogen and oxygen atoms in total. The predicted molar refractivity (Wildman–Crippen MR) is 90.0 cm³/mol. The van der Waals surface area contributed by atoms with Gasteiger partial charge in [-0.3, -0.25) is 4.79 Å². The number of hydrogen-bond donors (Lipinski definition) is 2. The Balaban J connectivity index is 1.71. The molecule has 25 heavy (non-hydrogen) atoms. The summed E-state index contributed by atoms with van der Waals surface area (Å²) in [5, 5.41) is 14.1. The lowest BCUT2D eigenvalue weighted by molar-refractivity contribution is 0.0933. The average Bonchev–Trinajstić information content (AvgIpc) is 3.12. The Morgan fingerprint density at radius 1 is 1.44 bits per heavy atom. The molecule has 1 aliphatic rings. The number of piperidine rings is 1. The molecule has 0 saturated carbocycles. The van der Waals surface area contributed by atoms with E-state index >= 15 is 0 Å². The number of nitrogens with one attached hydrogen (secondary N) is 2. The Hall–Kier alpha value is -2.48. The molecule has 1 saturated heterocycles. The first-order valence-corrected chi connectivity index (χ1v) is 8.36. The molecule has 1 aromatic heterocycles. The number of benzene rings is 1. The third kappa shape index (κ3) is 3.79. The number of carbonyl (C=O) groups excluding carboxylic acids is 1. The molecule has 0 radical (unpaired) electrons. The van der Waals surface area contributed by atoms with Crippen LogP contribution in [0.1, 0.15) is 47.9 Å². The predicted octanol–water partition coefficient (Wildman–Crippen LogP) is 1.84. The van der Waals surface area contributed by atoms with Crippen LogP contribution in [0.25, 0.3) is 0 Å². The van der Waals surface area contributed by atoms with Crippen molar-refractivity contribution in [3.63, 3.8) is 0 Å². The van der Waals surface area contributed by atoms with Crippen molar-refractivity contribution in [1.82, 2.24) is 25.6 Å². The first kappa shape index (κ1) is 17.3. The highest BCUT2D eigenvalue weighted by atomic mass is 19.1. The summed E-state index contributed by atoms with van der Waals surface area (Å²) in [6.07, 6.45) is 3.55. The molecular formula is C17H22FN5O2. The van der Waals surface area contributed by atoms with Crippen LogP contribution in [0.2, 0.25) is 0 Å². The van der Waals surface area contributed by atoms with E-state index in [4.69, 9.17) is 4.74 Å². The number of halogens is 1. The van der Waals surface area contributed by atoms with Crippen LogP contribution in [0, 0.1) is 5.82 Å². The van der Waals surface area contributed by atoms with Crippen LogP contribution in [-0.2, 0) is 0 Å². The molecule has 134 valence electrons. The van der Waals surface area contributed by atoms with Crippen LogP contribution in [0.5, 0.6) is 5.75 Å². The van der Waals surface area contributed by atoms with Crippen molar-refractivity contribution in [2.45, 2.75) is 31.8 Å². The van der Waals surface area contributed by atoms with Gasteiger partial charge in [0.1, 0.15) is 11.6 Å². The third-order valence-corrected chi connectivity index (χ3v) is 4.44. The summed E-state index contributed by atoms with van der Waals surface area (Å²) in [4.78, 5) is 12.4. The highest BCUT2D eigenvalue weighted by Gasteiger charge is 2.22. The normalized spacial score (nSPS) is 16.4. The van der Waals surface area contributed by atoms with Gasteiger partial charge >= 0.3 is 0 Å². The topological polar surface area (TPSA) is 81.1 Å². The number of aromatic nitrogens is 3. The standard InChI is InChI=1S/C17H22FN5O2/c1-11(16-13(18)4-3-5-15(16)25-2)20-17(24)14-10-23(22-21-14)12-6-8-19-9-7-12/h3-5,10-12,19H,6-9H2,1-2H3,(H,20,24)/t11-/m1/s1. The van der Waals surface area contributed by atoms with Gasteiger partial charge < -0.3 is 15.4 Å². The van der Waals surface area contributed by atoms with E-state index in [1.807, 2.05) is 0 Å². The van der Waals surface area contributed by atoms with Gasteiger partial charge in [-0.1, -0.05) is 11.3 Å². The molecule has 2 heterocycles. The second kappa shape index (κ2) is 7.60. The molecule has 1 aromatic carbocycles. The van der Waals surface area contributed by atoms with Crippen molar-refractivity contribution in [3.05, 3.63) is 41.5 Å². The summed E-state index contributed by atoms with van der Waals surface area (Å²) in [6, 6.07) is 4.26. The van der Waals surface area contributed by atoms with Gasteiger partial charge in [-0.2, -0.15) is 0 Å². The molecule has 2 aromatic rings. The molecule has 0 aliphatic carbocycles. The fraction of sp³-hybridized carbons (Fsp3) is 0.471. The van der Waals surface area contributed by atoms with E-state index in [-0.39, 0.29) is 11.7 Å². The van der Waals surface area contributed by atoms with Crippen molar-refractivity contribution >= 4 is 5.91 Å². The van der Waals surface area contributed by atoms with Crippen LogP contribution < -0.4 is 15.4 Å². The second-order valence-electron chi connectivity index (χ2n) is 6.12. The van der Waals surface area contributed by atoms with Crippen molar-refractivity contribution in [2.75, 3.05) is 20.2 Å². The summed E-state index contributed by atoms with van der Waals surface area (Å²) in [5.41, 5.74) is 0.532. The quantitative estimate of drug-likeness (QED) is 0.863. The zero-order valence-electron chi connectivity index (χ0n) is 14.3. The number of rotatable bonds is 5. The minimum atomic E-state index is -0.562. The maximum Gasteiger partial charge on any atom is 0.273 e. The van der Waals surface area contributed by atoms with Gasteiger partial charge in [0.25, 0.3) is 5.91 Å². The molecule has 1 fully saturated rings. The maximum absolute atomic E-state index is 14.1. The minimum absolute atomic E-state index is 0.223. The molecule has 3 rings (SSSR count). The molecule has 1 aliphatic heterocycles. The van der Waals surface area contributed by atoms with Crippen LogP contribution in [0.15, 0.2) is 24.4 Å². The van der Waals surface area contributed by atoms with Gasteiger partial charge in [-0.15, -0.1) is 5.10 Å². The first-order valence-electron chi connectivity index (χ1n) is 8.36. The van der Waals surface area contributed by atoms with Crippen LogP contribution >= 0.6 is 0 Å². The number of nitrogens with zero attached hydrogens (tertiary/aromatic N) is 3. The van der Waals surface area contributed by atoms with Crippen LogP contribution in [-0.4, -0.2) is 41.1 Å². The second-order valence-corrected chi connectivity index (χ2v) is 6.12. The average molecular weight is 347 g/mol. The lowest BCUT2D eigenvalue weighted by Crippen LogP contribution is -2.30. The largest absolute Gasteiger partial charge is 0.496 e. The van der Waals surface area contributed by atoms with Crippen molar-refractivity contribution in [2.24, 2.45) is 0 Å². The van der Waals surface area contributed by atoms with E-state index in [2.05, 4.69) is 20.9 Å². The monoisotopic (exact) mass is 347 g/mol. The molecule has 8 heteroatoms. The molecule has 2 N–H and O–H groups in total. The van der Waals surface area contributed by atoms with Gasteiger partial charge in [0.05, 0.1) is 31.0 Å². The highest BCUT2D eigenvalue weighted by molar-refractivity contribution is 5.92. The fourth-order valence-corrected chi connectivity index (χ4v) is 3.09. The Morgan fingerprint density at radius 3 is 2.92 bits per heavy atom. The number of amides is 1. The summed E-state index contributed by atoms with van der Waals surface area (Å²) >= 11 is 0. The molecule has 0 unspecified atom stereocenters. The van der Waals surface area contributed by atoms with E-state index in [1.54, 1.807) is 29.9 Å². The van der Waals surface area contributed by atoms with E-state index in [1.165, 1.54) is 13.2 Å². The Labute approximate surface area is 145 Å². The van der Waals surface area contributed by atoms with Gasteiger partial charge in [-0.05, 0) is 45.0 Å². The molecule has 1 atom stereocenters. The fourth-order valence-electron chi connectivity index (χ4n) is 3.09. The SMILES string of the molecule is COc1cccc(F)c1[C@@H](C)NC(=O)c1cn(C2CCNCC2)nn1. The Morgan fingerprint density at radius 2 is 2.20 bits per heavy atom. The first-order chi connectivity index (χ1) is 12.1. The zero-order chi connectivity index (χ0) is 17.8. The number of carbonyl (C=O) groups is 1. The van der Waals surface area contributed by atoms with Gasteiger partial charge in [-0.25, -0.2) is 9.07 Å². The van der Waals surface area contributed by atoms with Gasteiger partial charge in [0.15, 0.2) is 5.69 Å². The Kier molecular flexibility index (Phi) is 5.28. The van der Waals surface area contributed by atoms with E-state index in [0.717, 1.165) is 25.9 Å². The smallest absolute Gasteiger partial charge is 0.273 e. The van der Waals surface area contributed by atoms with Gasteiger partial charge in [0.2, 0.25) is 0 Å². The van der Waals surface area contributed by atoms with E-state index in [0.29, 0.717) is 11.3 Å². The maximum atomic E-state index is 14.1. The van der Waals surface area contributed by atoms with E-state index in [9.17, 15) is 9.18 Å². The molecular weight excluding hydrogens is 325 g/mol. The number of methoxy groups -OCH3 is 1.